The van der Waals surface area contributed by atoms with Gasteiger partial charge in [0.15, 0.2) is 0 Å². The molecule has 2 nitrogen and oxygen atoms in total. The molecule has 2 bridgehead atoms. The minimum Gasteiger partial charge on any atom is -0.501 e. The van der Waals surface area contributed by atoms with E-state index in [0.717, 1.165) is 12.0 Å². The van der Waals surface area contributed by atoms with E-state index in [1.54, 1.807) is 5.57 Å². The van der Waals surface area contributed by atoms with E-state index in [0.29, 0.717) is 11.3 Å². The first-order valence-corrected chi connectivity index (χ1v) is 7.67. The van der Waals surface area contributed by atoms with Crippen LogP contribution in [0.1, 0.15) is 52.4 Å². The molecule has 0 unspecified atom stereocenters. The molecule has 3 rings (SSSR count). The van der Waals surface area contributed by atoms with Gasteiger partial charge in [0.1, 0.15) is 0 Å². The molecule has 0 amide bonds. The number of rotatable bonds is 1. The zero-order valence-corrected chi connectivity index (χ0v) is 12.1. The lowest BCUT2D eigenvalue weighted by Gasteiger charge is -2.51. The van der Waals surface area contributed by atoms with E-state index in [1.807, 2.05) is 7.11 Å². The van der Waals surface area contributed by atoms with Crippen LogP contribution in [0.25, 0.3) is 0 Å². The average molecular weight is 249 g/mol. The number of piperidine rings is 1. The largest absolute Gasteiger partial charge is 0.501 e. The van der Waals surface area contributed by atoms with E-state index in [4.69, 9.17) is 4.74 Å². The molecule has 18 heavy (non-hydrogen) atoms. The van der Waals surface area contributed by atoms with E-state index in [2.05, 4.69) is 19.2 Å². The number of hydrogen-bond acceptors (Lipinski definition) is 2. The third-order valence-corrected chi connectivity index (χ3v) is 5.95. The normalized spacial score (nSPS) is 44.3. The molecule has 1 saturated carbocycles. The molecule has 0 radical (unpaired) electrons. The summed E-state index contributed by atoms with van der Waals surface area (Å²) in [4.78, 5) is 0. The summed E-state index contributed by atoms with van der Waals surface area (Å²) in [6.07, 6.45) is 8.22. The summed E-state index contributed by atoms with van der Waals surface area (Å²) in [6, 6.07) is 0.719. The Labute approximate surface area is 111 Å². The van der Waals surface area contributed by atoms with Gasteiger partial charge >= 0.3 is 0 Å². The molecule has 3 aliphatic rings. The second kappa shape index (κ2) is 4.56. The molecule has 1 aliphatic heterocycles. The van der Waals surface area contributed by atoms with E-state index >= 15 is 0 Å². The topological polar surface area (TPSA) is 21.3 Å². The van der Waals surface area contributed by atoms with Gasteiger partial charge in [-0.2, -0.15) is 0 Å². The van der Waals surface area contributed by atoms with E-state index in [9.17, 15) is 0 Å². The van der Waals surface area contributed by atoms with Crippen LogP contribution in [-0.4, -0.2) is 19.7 Å². The second-order valence-electron chi connectivity index (χ2n) is 6.65. The van der Waals surface area contributed by atoms with Crippen LogP contribution < -0.4 is 5.32 Å². The minimum atomic E-state index is 0.463. The fraction of sp³-hybridized carbons (Fsp3) is 0.875. The lowest BCUT2D eigenvalue weighted by molar-refractivity contribution is 0.0556. The molecule has 2 fully saturated rings. The van der Waals surface area contributed by atoms with Crippen LogP contribution >= 0.6 is 0 Å². The zero-order valence-electron chi connectivity index (χ0n) is 12.1. The van der Waals surface area contributed by atoms with Crippen molar-refractivity contribution >= 4 is 0 Å². The Kier molecular flexibility index (Phi) is 3.17. The highest BCUT2D eigenvalue weighted by atomic mass is 16.5. The summed E-state index contributed by atoms with van der Waals surface area (Å²) in [6.45, 7) is 5.90. The van der Waals surface area contributed by atoms with Gasteiger partial charge in [-0.25, -0.2) is 0 Å². The molecular weight excluding hydrogens is 222 g/mol. The molecule has 1 saturated heterocycles. The number of ether oxygens (including phenoxy) is 1. The van der Waals surface area contributed by atoms with Crippen molar-refractivity contribution in [1.29, 1.82) is 0 Å². The van der Waals surface area contributed by atoms with Crippen molar-refractivity contribution in [3.8, 4) is 0 Å². The van der Waals surface area contributed by atoms with Gasteiger partial charge in [-0.1, -0.05) is 19.8 Å². The van der Waals surface area contributed by atoms with Gasteiger partial charge in [-0.05, 0) is 50.6 Å². The quantitative estimate of drug-likeness (QED) is 0.768. The summed E-state index contributed by atoms with van der Waals surface area (Å²) in [7, 11) is 1.87. The van der Waals surface area contributed by atoms with Crippen molar-refractivity contribution in [1.82, 2.24) is 5.32 Å². The second-order valence-corrected chi connectivity index (χ2v) is 6.65. The molecular formula is C16H27NO. The maximum absolute atomic E-state index is 5.80. The highest BCUT2D eigenvalue weighted by Gasteiger charge is 2.51. The molecule has 0 aromatic heterocycles. The predicted molar refractivity (Wildman–Crippen MR) is 74.3 cm³/mol. The molecule has 2 heteroatoms. The van der Waals surface area contributed by atoms with Gasteiger partial charge in [0.25, 0.3) is 0 Å². The van der Waals surface area contributed by atoms with Crippen LogP contribution in [0.4, 0.5) is 0 Å². The first-order chi connectivity index (χ1) is 8.69. The molecule has 4 atom stereocenters. The van der Waals surface area contributed by atoms with Crippen molar-refractivity contribution in [3.63, 3.8) is 0 Å². The number of allylic oxidation sites excluding steroid dienone is 2. The summed E-state index contributed by atoms with van der Waals surface area (Å²) >= 11 is 0. The average Bonchev–Trinajstić information content (AvgIpc) is 2.43. The Bertz CT molecular complexity index is 358. The van der Waals surface area contributed by atoms with Crippen molar-refractivity contribution in [2.75, 3.05) is 13.7 Å². The van der Waals surface area contributed by atoms with Crippen LogP contribution in [0.5, 0.6) is 0 Å². The molecule has 0 aromatic rings. The smallest absolute Gasteiger partial charge is 0.0978 e. The predicted octanol–water partition coefficient (Wildman–Crippen LogP) is 3.49. The van der Waals surface area contributed by atoms with Crippen LogP contribution in [0.3, 0.4) is 0 Å². The third-order valence-electron chi connectivity index (χ3n) is 5.95. The molecule has 0 aromatic carbocycles. The Balaban J connectivity index is 2.09. The van der Waals surface area contributed by atoms with Crippen LogP contribution in [0.2, 0.25) is 0 Å². The monoisotopic (exact) mass is 249 g/mol. The standard InChI is InChI=1S/C16H27NO/c1-11-10-14-13-6-4-5-7-16(13,8-9-17-14)12(2)15(11)18-3/h11,13-14,17H,4-10H2,1-3H3/t11-,13+,14-,16+/m0/s1. The van der Waals surface area contributed by atoms with Gasteiger partial charge in [0.05, 0.1) is 12.9 Å². The van der Waals surface area contributed by atoms with Crippen LogP contribution in [-0.2, 0) is 4.74 Å². The van der Waals surface area contributed by atoms with Crippen molar-refractivity contribution in [2.45, 2.75) is 58.4 Å². The Morgan fingerprint density at radius 1 is 1.28 bits per heavy atom. The fourth-order valence-corrected chi connectivity index (χ4v) is 5.14. The number of methoxy groups -OCH3 is 1. The SMILES string of the molecule is COC1=C(C)[C@]23CCCC[C@@H]2[C@H](C[C@@H]1C)NCC3. The molecule has 1 N–H and O–H groups in total. The Morgan fingerprint density at radius 3 is 2.89 bits per heavy atom. The van der Waals surface area contributed by atoms with E-state index in [1.165, 1.54) is 50.8 Å². The summed E-state index contributed by atoms with van der Waals surface area (Å²) in [5.41, 5.74) is 2.05. The highest BCUT2D eigenvalue weighted by molar-refractivity contribution is 5.26. The molecule has 2 aliphatic carbocycles. The van der Waals surface area contributed by atoms with Gasteiger partial charge in [-0.15, -0.1) is 0 Å². The zero-order chi connectivity index (χ0) is 12.8. The summed E-state index contributed by atoms with van der Waals surface area (Å²) < 4.78 is 5.80. The molecule has 102 valence electrons. The van der Waals surface area contributed by atoms with E-state index in [-0.39, 0.29) is 0 Å². The number of nitrogens with one attached hydrogen (secondary N) is 1. The minimum absolute atomic E-state index is 0.463. The highest BCUT2D eigenvalue weighted by Crippen LogP contribution is 2.56. The van der Waals surface area contributed by atoms with E-state index < -0.39 is 0 Å². The maximum atomic E-state index is 5.80. The Morgan fingerprint density at radius 2 is 2.11 bits per heavy atom. The maximum Gasteiger partial charge on any atom is 0.0978 e. The summed E-state index contributed by atoms with van der Waals surface area (Å²) in [5.74, 6) is 2.73. The molecule has 1 heterocycles. The lowest BCUT2D eigenvalue weighted by Crippen LogP contribution is -2.53. The molecule has 0 spiro atoms. The first-order valence-electron chi connectivity index (χ1n) is 7.67. The van der Waals surface area contributed by atoms with Crippen LogP contribution in [0.15, 0.2) is 11.3 Å². The first kappa shape index (κ1) is 12.5. The number of hydrogen-bond donors (Lipinski definition) is 1. The van der Waals surface area contributed by atoms with Gasteiger partial charge in [0.2, 0.25) is 0 Å². The van der Waals surface area contributed by atoms with Gasteiger partial charge in [-0.3, -0.25) is 0 Å². The third kappa shape index (κ3) is 1.65. The van der Waals surface area contributed by atoms with Gasteiger partial charge < -0.3 is 10.1 Å². The van der Waals surface area contributed by atoms with Crippen molar-refractivity contribution in [2.24, 2.45) is 17.3 Å². The summed E-state index contributed by atoms with van der Waals surface area (Å²) in [5, 5.41) is 3.80. The Hall–Kier alpha value is -0.500. The lowest BCUT2D eigenvalue weighted by atomic mass is 9.57. The van der Waals surface area contributed by atoms with Crippen molar-refractivity contribution < 1.29 is 4.74 Å². The van der Waals surface area contributed by atoms with Gasteiger partial charge in [0, 0.05) is 17.4 Å². The van der Waals surface area contributed by atoms with Crippen LogP contribution in [0, 0.1) is 17.3 Å². The fourth-order valence-electron chi connectivity index (χ4n) is 5.14. The van der Waals surface area contributed by atoms with Crippen molar-refractivity contribution in [3.05, 3.63) is 11.3 Å².